The summed E-state index contributed by atoms with van der Waals surface area (Å²) in [4.78, 5) is 0. The third-order valence-corrected chi connectivity index (χ3v) is 3.50. The van der Waals surface area contributed by atoms with Gasteiger partial charge in [0, 0.05) is 11.6 Å². The number of ether oxygens (including phenoxy) is 1. The molecule has 0 radical (unpaired) electrons. The highest BCUT2D eigenvalue weighted by atomic mass is 35.5. The fourth-order valence-corrected chi connectivity index (χ4v) is 2.40. The van der Waals surface area contributed by atoms with Crippen molar-refractivity contribution >= 4 is 22.9 Å². The van der Waals surface area contributed by atoms with Gasteiger partial charge in [0.05, 0.1) is 0 Å². The van der Waals surface area contributed by atoms with E-state index in [0.717, 1.165) is 35.3 Å². The Labute approximate surface area is 121 Å². The first-order valence-electron chi connectivity index (χ1n) is 6.18. The Morgan fingerprint density at radius 1 is 1.32 bits per heavy atom. The van der Waals surface area contributed by atoms with E-state index in [2.05, 4.69) is 22.4 Å². The summed E-state index contributed by atoms with van der Waals surface area (Å²) in [6.07, 6.45) is 1.11. The molecular formula is C13H16ClN3OS. The first-order valence-corrected chi connectivity index (χ1v) is 7.37. The molecule has 0 spiro atoms. The zero-order valence-corrected chi connectivity index (χ0v) is 12.3. The zero-order valence-electron chi connectivity index (χ0n) is 10.7. The molecule has 2 rings (SSSR count). The Morgan fingerprint density at radius 3 is 2.95 bits per heavy atom. The van der Waals surface area contributed by atoms with E-state index in [1.807, 2.05) is 18.2 Å². The average Bonchev–Trinajstić information content (AvgIpc) is 2.85. The molecule has 1 aromatic heterocycles. The molecule has 0 unspecified atom stereocenters. The maximum absolute atomic E-state index is 5.89. The lowest BCUT2D eigenvalue weighted by Crippen LogP contribution is -2.13. The molecule has 0 amide bonds. The summed E-state index contributed by atoms with van der Waals surface area (Å²) in [5.74, 6) is 0.744. The van der Waals surface area contributed by atoms with Crippen molar-refractivity contribution in [2.45, 2.75) is 26.5 Å². The van der Waals surface area contributed by atoms with Crippen LogP contribution in [-0.2, 0) is 13.2 Å². The molecule has 102 valence electrons. The molecule has 1 aromatic carbocycles. The topological polar surface area (TPSA) is 47.0 Å². The second-order valence-corrected chi connectivity index (χ2v) is 5.60. The van der Waals surface area contributed by atoms with E-state index in [9.17, 15) is 0 Å². The van der Waals surface area contributed by atoms with Gasteiger partial charge in [-0.2, -0.15) is 0 Å². The highest BCUT2D eigenvalue weighted by Crippen LogP contribution is 2.19. The summed E-state index contributed by atoms with van der Waals surface area (Å²) >= 11 is 7.45. The van der Waals surface area contributed by atoms with Crippen LogP contribution in [0.1, 0.15) is 23.4 Å². The summed E-state index contributed by atoms with van der Waals surface area (Å²) in [7, 11) is 0. The molecule has 1 heterocycles. The van der Waals surface area contributed by atoms with Crippen molar-refractivity contribution in [2.24, 2.45) is 0 Å². The molecule has 0 aliphatic carbocycles. The lowest BCUT2D eigenvalue weighted by atomic mass is 10.3. The van der Waals surface area contributed by atoms with Crippen LogP contribution in [-0.4, -0.2) is 16.7 Å². The van der Waals surface area contributed by atoms with Crippen LogP contribution < -0.4 is 10.1 Å². The number of hydrogen-bond acceptors (Lipinski definition) is 5. The minimum Gasteiger partial charge on any atom is -0.486 e. The van der Waals surface area contributed by atoms with E-state index in [4.69, 9.17) is 16.3 Å². The second-order valence-electron chi connectivity index (χ2n) is 4.01. The first-order chi connectivity index (χ1) is 9.28. The molecule has 0 bridgehead atoms. The standard InChI is InChI=1S/C13H16ClN3OS/c1-2-6-15-8-12-16-17-13(19-12)9-18-11-5-3-4-10(14)7-11/h3-5,7,15H,2,6,8-9H2,1H3. The van der Waals surface area contributed by atoms with Crippen molar-refractivity contribution in [2.75, 3.05) is 6.54 Å². The van der Waals surface area contributed by atoms with Crippen molar-refractivity contribution < 1.29 is 4.74 Å². The highest BCUT2D eigenvalue weighted by Gasteiger charge is 2.04. The fourth-order valence-electron chi connectivity index (χ4n) is 1.49. The third-order valence-electron chi connectivity index (χ3n) is 2.37. The molecule has 1 N–H and O–H groups in total. The lowest BCUT2D eigenvalue weighted by Gasteiger charge is -2.03. The lowest BCUT2D eigenvalue weighted by molar-refractivity contribution is 0.304. The van der Waals surface area contributed by atoms with Crippen LogP contribution in [0.2, 0.25) is 5.02 Å². The number of halogens is 1. The predicted octanol–water partition coefficient (Wildman–Crippen LogP) is 3.27. The third kappa shape index (κ3) is 4.78. The molecule has 19 heavy (non-hydrogen) atoms. The minimum absolute atomic E-state index is 0.422. The van der Waals surface area contributed by atoms with Gasteiger partial charge in [-0.05, 0) is 31.2 Å². The van der Waals surface area contributed by atoms with Gasteiger partial charge in [0.1, 0.15) is 17.4 Å². The van der Waals surface area contributed by atoms with Gasteiger partial charge in [-0.3, -0.25) is 0 Å². The summed E-state index contributed by atoms with van der Waals surface area (Å²) < 4.78 is 5.61. The van der Waals surface area contributed by atoms with Crippen LogP contribution in [0.4, 0.5) is 0 Å². The number of rotatable bonds is 7. The van der Waals surface area contributed by atoms with Crippen LogP contribution in [0.25, 0.3) is 0 Å². The summed E-state index contributed by atoms with van der Waals surface area (Å²) in [5, 5.41) is 14.0. The van der Waals surface area contributed by atoms with E-state index in [0.29, 0.717) is 11.6 Å². The minimum atomic E-state index is 0.422. The van der Waals surface area contributed by atoms with Crippen molar-refractivity contribution in [1.29, 1.82) is 0 Å². The molecule has 0 fully saturated rings. The normalized spacial score (nSPS) is 10.6. The van der Waals surface area contributed by atoms with Gasteiger partial charge in [0.2, 0.25) is 0 Å². The largest absolute Gasteiger partial charge is 0.486 e. The molecule has 6 heteroatoms. The molecule has 0 aliphatic heterocycles. The van der Waals surface area contributed by atoms with Crippen LogP contribution >= 0.6 is 22.9 Å². The fraction of sp³-hybridized carbons (Fsp3) is 0.385. The van der Waals surface area contributed by atoms with Gasteiger partial charge in [0.15, 0.2) is 5.01 Å². The maximum Gasteiger partial charge on any atom is 0.155 e. The molecule has 0 atom stereocenters. The van der Waals surface area contributed by atoms with Crippen LogP contribution in [0.5, 0.6) is 5.75 Å². The van der Waals surface area contributed by atoms with Crippen molar-refractivity contribution in [1.82, 2.24) is 15.5 Å². The second kappa shape index (κ2) is 7.43. The van der Waals surface area contributed by atoms with Gasteiger partial charge in [0.25, 0.3) is 0 Å². The number of nitrogens with one attached hydrogen (secondary N) is 1. The van der Waals surface area contributed by atoms with Gasteiger partial charge < -0.3 is 10.1 Å². The van der Waals surface area contributed by atoms with Gasteiger partial charge in [-0.1, -0.05) is 35.9 Å². The summed E-state index contributed by atoms with van der Waals surface area (Å²) in [5.41, 5.74) is 0. The molecule has 4 nitrogen and oxygen atoms in total. The van der Waals surface area contributed by atoms with Crippen molar-refractivity contribution in [3.05, 3.63) is 39.3 Å². The van der Waals surface area contributed by atoms with E-state index in [1.165, 1.54) is 0 Å². The summed E-state index contributed by atoms with van der Waals surface area (Å²) in [6.45, 7) is 4.32. The number of nitrogens with zero attached hydrogens (tertiary/aromatic N) is 2. The predicted molar refractivity (Wildman–Crippen MR) is 77.7 cm³/mol. The van der Waals surface area contributed by atoms with Gasteiger partial charge in [-0.15, -0.1) is 10.2 Å². The molecule has 0 saturated carbocycles. The molecule has 2 aromatic rings. The van der Waals surface area contributed by atoms with Crippen LogP contribution in [0.15, 0.2) is 24.3 Å². The van der Waals surface area contributed by atoms with E-state index < -0.39 is 0 Å². The molecule has 0 aliphatic rings. The number of hydrogen-bond donors (Lipinski definition) is 1. The average molecular weight is 298 g/mol. The van der Waals surface area contributed by atoms with Crippen LogP contribution in [0, 0.1) is 0 Å². The Kier molecular flexibility index (Phi) is 5.57. The smallest absolute Gasteiger partial charge is 0.155 e. The maximum atomic E-state index is 5.89. The Bertz CT molecular complexity index is 518. The SMILES string of the molecule is CCCNCc1nnc(COc2cccc(Cl)c2)s1. The quantitative estimate of drug-likeness (QED) is 0.797. The number of benzene rings is 1. The van der Waals surface area contributed by atoms with Crippen LogP contribution in [0.3, 0.4) is 0 Å². The van der Waals surface area contributed by atoms with Gasteiger partial charge >= 0.3 is 0 Å². The first kappa shape index (κ1) is 14.2. The van der Waals surface area contributed by atoms with E-state index in [1.54, 1.807) is 17.4 Å². The zero-order chi connectivity index (χ0) is 13.5. The molecule has 0 saturated heterocycles. The monoisotopic (exact) mass is 297 g/mol. The van der Waals surface area contributed by atoms with Gasteiger partial charge in [-0.25, -0.2) is 0 Å². The molecular weight excluding hydrogens is 282 g/mol. The van der Waals surface area contributed by atoms with E-state index >= 15 is 0 Å². The van der Waals surface area contributed by atoms with Crippen molar-refractivity contribution in [3.63, 3.8) is 0 Å². The Balaban J connectivity index is 1.83. The highest BCUT2D eigenvalue weighted by molar-refractivity contribution is 7.11. The summed E-state index contributed by atoms with van der Waals surface area (Å²) in [6, 6.07) is 7.33. The Hall–Kier alpha value is -1.17. The Morgan fingerprint density at radius 2 is 2.16 bits per heavy atom. The number of aromatic nitrogens is 2. The van der Waals surface area contributed by atoms with Crippen molar-refractivity contribution in [3.8, 4) is 5.75 Å². The van der Waals surface area contributed by atoms with E-state index in [-0.39, 0.29) is 0 Å².